The third kappa shape index (κ3) is 5.90. The number of ether oxygens (including phenoxy) is 2. The van der Waals surface area contributed by atoms with Crippen LogP contribution >= 0.6 is 0 Å². The Morgan fingerprint density at radius 1 is 1.25 bits per heavy atom. The zero-order valence-electron chi connectivity index (χ0n) is 12.5. The van der Waals surface area contributed by atoms with Crippen molar-refractivity contribution in [3.63, 3.8) is 0 Å². The van der Waals surface area contributed by atoms with Gasteiger partial charge in [-0.05, 0) is 38.5 Å². The smallest absolute Gasteiger partial charge is 0.121 e. The maximum Gasteiger partial charge on any atom is 0.121 e. The van der Waals surface area contributed by atoms with Crippen LogP contribution in [0.2, 0.25) is 0 Å². The van der Waals surface area contributed by atoms with Gasteiger partial charge in [0, 0.05) is 31.9 Å². The van der Waals surface area contributed by atoms with E-state index < -0.39 is 0 Å². The van der Waals surface area contributed by atoms with Crippen molar-refractivity contribution in [3.05, 3.63) is 29.3 Å². The first-order chi connectivity index (χ1) is 8.87. The van der Waals surface area contributed by atoms with Gasteiger partial charge >= 0.3 is 0 Å². The molecule has 0 saturated carbocycles. The van der Waals surface area contributed by atoms with Crippen LogP contribution in [-0.4, -0.2) is 31.4 Å². The third-order valence-electron chi connectivity index (χ3n) is 2.88. The molecule has 4 nitrogen and oxygen atoms in total. The maximum atomic E-state index is 9.74. The number of methoxy groups -OCH3 is 2. The molecule has 0 saturated heterocycles. The fraction of sp³-hybridized carbons (Fsp3) is 0.625. The predicted molar refractivity (Wildman–Crippen MR) is 83.1 cm³/mol. The molecule has 20 heavy (non-hydrogen) atoms. The number of hydrogen-bond donors (Lipinski definition) is 2. The van der Waals surface area contributed by atoms with Crippen molar-refractivity contribution in [1.82, 2.24) is 5.32 Å². The number of benzene rings is 1. The summed E-state index contributed by atoms with van der Waals surface area (Å²) in [6.07, 6.45) is -0.0459. The van der Waals surface area contributed by atoms with Crippen LogP contribution in [0.1, 0.15) is 45.4 Å². The Hall–Kier alpha value is -1.10. The van der Waals surface area contributed by atoms with Crippen molar-refractivity contribution in [2.75, 3.05) is 20.8 Å². The first kappa shape index (κ1) is 18.9. The summed E-state index contributed by atoms with van der Waals surface area (Å²) in [5, 5.41) is 13.2. The number of hydrogen-bond acceptors (Lipinski definition) is 4. The van der Waals surface area contributed by atoms with Crippen LogP contribution in [-0.2, 0) is 16.1 Å². The highest BCUT2D eigenvalue weighted by atomic mass is 16.5. The van der Waals surface area contributed by atoms with E-state index in [0.717, 1.165) is 17.7 Å². The van der Waals surface area contributed by atoms with Gasteiger partial charge in [0.05, 0.1) is 12.7 Å². The second kappa shape index (κ2) is 8.25. The summed E-state index contributed by atoms with van der Waals surface area (Å²) >= 11 is 0. The molecular formula is C16H29NO3. The van der Waals surface area contributed by atoms with E-state index in [-0.39, 0.29) is 24.8 Å². The fourth-order valence-electron chi connectivity index (χ4n) is 1.81. The molecule has 0 aliphatic carbocycles. The average Bonchev–Trinajstić information content (AvgIpc) is 2.32. The molecule has 0 fully saturated rings. The highest BCUT2D eigenvalue weighted by Gasteiger charge is 2.16. The lowest BCUT2D eigenvalue weighted by Gasteiger charge is -2.25. The largest absolute Gasteiger partial charge is 0.508 e. The molecule has 0 bridgehead atoms. The molecule has 0 aliphatic heterocycles. The Kier molecular flexibility index (Phi) is 7.79. The zero-order valence-corrected chi connectivity index (χ0v) is 12.5. The molecule has 0 heterocycles. The molecule has 0 aromatic heterocycles. The molecule has 2 N–H and O–H groups in total. The summed E-state index contributed by atoms with van der Waals surface area (Å²) in [6.45, 7) is 7.46. The van der Waals surface area contributed by atoms with Crippen molar-refractivity contribution in [2.45, 2.75) is 46.4 Å². The minimum Gasteiger partial charge on any atom is -0.508 e. The van der Waals surface area contributed by atoms with E-state index >= 15 is 0 Å². The summed E-state index contributed by atoms with van der Waals surface area (Å²) in [7, 11) is 3.30. The topological polar surface area (TPSA) is 50.7 Å². The van der Waals surface area contributed by atoms with Gasteiger partial charge < -0.3 is 19.9 Å². The standard InChI is InChI=1S/C15H25NO3.CH4/c1-15(2,3)16-9-14(19-5)11-6-7-13(17)12(8-11)10-18-4;/h6-8,14,16-17H,9-10H2,1-5H3;1H4. The monoisotopic (exact) mass is 283 g/mol. The second-order valence-electron chi connectivity index (χ2n) is 5.68. The number of phenolic OH excluding ortho intramolecular Hbond substituents is 1. The Bertz CT molecular complexity index is 399. The molecule has 1 rings (SSSR count). The molecule has 1 unspecified atom stereocenters. The Labute approximate surface area is 123 Å². The van der Waals surface area contributed by atoms with Gasteiger partial charge in [-0.1, -0.05) is 13.5 Å². The Morgan fingerprint density at radius 2 is 1.90 bits per heavy atom. The van der Waals surface area contributed by atoms with Gasteiger partial charge in [-0.15, -0.1) is 0 Å². The molecule has 1 atom stereocenters. The predicted octanol–water partition coefficient (Wildman–Crippen LogP) is 3.25. The zero-order chi connectivity index (χ0) is 14.5. The summed E-state index contributed by atoms with van der Waals surface area (Å²) in [5.41, 5.74) is 1.85. The number of aromatic hydroxyl groups is 1. The first-order valence-corrected chi connectivity index (χ1v) is 6.46. The highest BCUT2D eigenvalue weighted by molar-refractivity contribution is 5.36. The number of rotatable bonds is 6. The van der Waals surface area contributed by atoms with Crippen LogP contribution in [0.25, 0.3) is 0 Å². The van der Waals surface area contributed by atoms with Crippen LogP contribution in [0.4, 0.5) is 0 Å². The van der Waals surface area contributed by atoms with E-state index in [9.17, 15) is 5.11 Å². The van der Waals surface area contributed by atoms with Crippen molar-refractivity contribution in [1.29, 1.82) is 0 Å². The molecular weight excluding hydrogens is 254 g/mol. The molecule has 0 aliphatic rings. The molecule has 1 aromatic carbocycles. The van der Waals surface area contributed by atoms with Crippen LogP contribution in [0, 0.1) is 0 Å². The lowest BCUT2D eigenvalue weighted by atomic mass is 10.0. The molecule has 0 radical (unpaired) electrons. The lowest BCUT2D eigenvalue weighted by Crippen LogP contribution is -2.38. The molecule has 4 heteroatoms. The van der Waals surface area contributed by atoms with Gasteiger partial charge in [0.2, 0.25) is 0 Å². The average molecular weight is 283 g/mol. The first-order valence-electron chi connectivity index (χ1n) is 6.46. The van der Waals surface area contributed by atoms with Crippen LogP contribution < -0.4 is 5.32 Å². The fourth-order valence-corrected chi connectivity index (χ4v) is 1.81. The molecule has 1 aromatic rings. The summed E-state index contributed by atoms with van der Waals surface area (Å²) in [4.78, 5) is 0. The Balaban J connectivity index is 0.00000361. The van der Waals surface area contributed by atoms with Crippen LogP contribution in [0.3, 0.4) is 0 Å². The van der Waals surface area contributed by atoms with E-state index in [0.29, 0.717) is 6.61 Å². The summed E-state index contributed by atoms with van der Waals surface area (Å²) < 4.78 is 10.6. The van der Waals surface area contributed by atoms with Gasteiger partial charge in [-0.3, -0.25) is 0 Å². The SMILES string of the molecule is C.COCc1cc(C(CNC(C)(C)C)OC)ccc1O. The van der Waals surface area contributed by atoms with E-state index in [1.807, 2.05) is 12.1 Å². The van der Waals surface area contributed by atoms with Crippen LogP contribution in [0.5, 0.6) is 5.75 Å². The van der Waals surface area contributed by atoms with Gasteiger partial charge in [0.1, 0.15) is 5.75 Å². The Morgan fingerprint density at radius 3 is 2.40 bits per heavy atom. The summed E-state index contributed by atoms with van der Waals surface area (Å²) in [6, 6.07) is 5.50. The maximum absolute atomic E-state index is 9.74. The quantitative estimate of drug-likeness (QED) is 0.841. The van der Waals surface area contributed by atoms with Crippen LogP contribution in [0.15, 0.2) is 18.2 Å². The second-order valence-corrected chi connectivity index (χ2v) is 5.68. The third-order valence-corrected chi connectivity index (χ3v) is 2.88. The highest BCUT2D eigenvalue weighted by Crippen LogP contribution is 2.24. The van der Waals surface area contributed by atoms with Crippen molar-refractivity contribution < 1.29 is 14.6 Å². The van der Waals surface area contributed by atoms with Gasteiger partial charge in [0.25, 0.3) is 0 Å². The lowest BCUT2D eigenvalue weighted by molar-refractivity contribution is 0.0956. The van der Waals surface area contributed by atoms with E-state index in [1.54, 1.807) is 20.3 Å². The van der Waals surface area contributed by atoms with Gasteiger partial charge in [-0.2, -0.15) is 0 Å². The van der Waals surface area contributed by atoms with Crippen molar-refractivity contribution in [2.24, 2.45) is 0 Å². The normalized spacial score (nSPS) is 12.8. The van der Waals surface area contributed by atoms with Crippen molar-refractivity contribution >= 4 is 0 Å². The van der Waals surface area contributed by atoms with E-state index in [2.05, 4.69) is 26.1 Å². The van der Waals surface area contributed by atoms with E-state index in [4.69, 9.17) is 9.47 Å². The van der Waals surface area contributed by atoms with Crippen molar-refractivity contribution in [3.8, 4) is 5.75 Å². The van der Waals surface area contributed by atoms with Gasteiger partial charge in [-0.25, -0.2) is 0 Å². The minimum atomic E-state index is -0.0459. The number of phenols is 1. The molecule has 0 spiro atoms. The minimum absolute atomic E-state index is 0. The van der Waals surface area contributed by atoms with Gasteiger partial charge in [0.15, 0.2) is 0 Å². The molecule has 0 amide bonds. The number of nitrogens with one attached hydrogen (secondary N) is 1. The molecule has 116 valence electrons. The van der Waals surface area contributed by atoms with E-state index in [1.165, 1.54) is 0 Å². The summed E-state index contributed by atoms with van der Waals surface area (Å²) in [5.74, 6) is 0.254.